The molecule has 0 radical (unpaired) electrons. The molecule has 0 aromatic heterocycles. The van der Waals surface area contributed by atoms with E-state index >= 15 is 0 Å². The first-order valence-corrected chi connectivity index (χ1v) is 7.31. The van der Waals surface area contributed by atoms with Gasteiger partial charge >= 0.3 is 0 Å². The highest BCUT2D eigenvalue weighted by atomic mass is 35.5. The third-order valence-electron chi connectivity index (χ3n) is 3.35. The number of alkyl halides is 2. The van der Waals surface area contributed by atoms with Gasteiger partial charge in [0.2, 0.25) is 0 Å². The van der Waals surface area contributed by atoms with Gasteiger partial charge < -0.3 is 0 Å². The fraction of sp³-hybridized carbons (Fsp3) is 0.333. The molecule has 1 heterocycles. The van der Waals surface area contributed by atoms with Gasteiger partial charge in [0.1, 0.15) is 5.70 Å². The zero-order valence-electron chi connectivity index (χ0n) is 12.0. The molecular weight excluding hydrogens is 333 g/mol. The average Bonchev–Trinajstić information content (AvgIpc) is 2.41. The van der Waals surface area contributed by atoms with Gasteiger partial charge in [-0.1, -0.05) is 29.3 Å². The van der Waals surface area contributed by atoms with Gasteiger partial charge in [0.25, 0.3) is 6.43 Å². The summed E-state index contributed by atoms with van der Waals surface area (Å²) >= 11 is 11.8. The van der Waals surface area contributed by atoms with Gasteiger partial charge in [0.05, 0.1) is 10.0 Å². The van der Waals surface area contributed by atoms with Crippen LogP contribution in [0.5, 0.6) is 0 Å². The van der Waals surface area contributed by atoms with Crippen LogP contribution in [0, 0.1) is 0 Å². The minimum atomic E-state index is -2.74. The topological polar surface area (TPSA) is 32.7 Å². The molecular formula is C15H14Cl2F2N2O. The number of carbonyl (C=O) groups is 1. The van der Waals surface area contributed by atoms with Crippen molar-refractivity contribution in [3.63, 3.8) is 0 Å². The number of hydrogen-bond acceptors (Lipinski definition) is 3. The Hall–Kier alpha value is -1.46. The van der Waals surface area contributed by atoms with Gasteiger partial charge in [0, 0.05) is 31.2 Å². The van der Waals surface area contributed by atoms with Crippen molar-refractivity contribution < 1.29 is 13.6 Å². The van der Waals surface area contributed by atoms with Crippen molar-refractivity contribution in [2.75, 3.05) is 7.05 Å². The van der Waals surface area contributed by atoms with Gasteiger partial charge in [-0.2, -0.15) is 5.10 Å². The Morgan fingerprint density at radius 3 is 2.59 bits per heavy atom. The lowest BCUT2D eigenvalue weighted by molar-refractivity contribution is -0.114. The lowest BCUT2D eigenvalue weighted by atomic mass is 9.97. The predicted molar refractivity (Wildman–Crippen MR) is 83.7 cm³/mol. The summed E-state index contributed by atoms with van der Waals surface area (Å²) in [5, 5.41) is 6.09. The number of hydrazone groups is 1. The molecule has 0 fully saturated rings. The number of nitrogens with zero attached hydrogens (tertiary/aromatic N) is 2. The molecule has 0 amide bonds. The fourth-order valence-electron chi connectivity index (χ4n) is 2.35. The largest absolute Gasteiger partial charge is 0.295 e. The average molecular weight is 347 g/mol. The summed E-state index contributed by atoms with van der Waals surface area (Å²) in [4.78, 5) is 11.6. The normalized spacial score (nSPS) is 15.4. The van der Waals surface area contributed by atoms with Crippen molar-refractivity contribution in [2.24, 2.45) is 5.10 Å². The Morgan fingerprint density at radius 2 is 2.05 bits per heavy atom. The van der Waals surface area contributed by atoms with E-state index in [9.17, 15) is 13.6 Å². The summed E-state index contributed by atoms with van der Waals surface area (Å²) in [5.41, 5.74) is 1.24. The molecule has 0 unspecified atom stereocenters. The molecule has 1 aromatic rings. The molecule has 0 N–H and O–H groups in total. The zero-order chi connectivity index (χ0) is 16.4. The molecule has 0 saturated heterocycles. The maximum Gasteiger partial charge on any atom is 0.280 e. The minimum Gasteiger partial charge on any atom is -0.295 e. The van der Waals surface area contributed by atoms with Crippen LogP contribution in [-0.2, 0) is 11.2 Å². The monoisotopic (exact) mass is 346 g/mol. The second-order valence-electron chi connectivity index (χ2n) is 5.01. The molecule has 0 saturated carbocycles. The van der Waals surface area contributed by atoms with Crippen molar-refractivity contribution in [3.8, 4) is 0 Å². The number of ketones is 1. The van der Waals surface area contributed by atoms with Gasteiger partial charge in [-0.25, -0.2) is 8.78 Å². The molecule has 1 aliphatic heterocycles. The first kappa shape index (κ1) is 16.9. The van der Waals surface area contributed by atoms with Crippen LogP contribution < -0.4 is 0 Å². The molecule has 0 spiro atoms. The molecule has 0 atom stereocenters. The van der Waals surface area contributed by atoms with E-state index in [-0.39, 0.29) is 23.5 Å². The van der Waals surface area contributed by atoms with Crippen molar-refractivity contribution in [1.29, 1.82) is 0 Å². The quantitative estimate of drug-likeness (QED) is 0.812. The Morgan fingerprint density at radius 1 is 1.36 bits per heavy atom. The SMILES string of the molecule is CC(=O)C1=C(C(F)F)N(C)N=C(Cc2ccc(Cl)c(Cl)c2)C1. The highest BCUT2D eigenvalue weighted by Gasteiger charge is 2.28. The van der Waals surface area contributed by atoms with Gasteiger partial charge in [-0.15, -0.1) is 0 Å². The van der Waals surface area contributed by atoms with Crippen LogP contribution in [0.1, 0.15) is 18.9 Å². The Bertz CT molecular complexity index is 672. The molecule has 2 rings (SSSR count). The zero-order valence-corrected chi connectivity index (χ0v) is 13.6. The van der Waals surface area contributed by atoms with Crippen LogP contribution in [0.25, 0.3) is 0 Å². The van der Waals surface area contributed by atoms with E-state index in [4.69, 9.17) is 23.2 Å². The number of hydrogen-bond donors (Lipinski definition) is 0. The van der Waals surface area contributed by atoms with Crippen LogP contribution in [0.4, 0.5) is 8.78 Å². The lowest BCUT2D eigenvalue weighted by Crippen LogP contribution is -2.29. The third kappa shape index (κ3) is 3.65. The first-order chi connectivity index (χ1) is 10.3. The predicted octanol–water partition coefficient (Wildman–Crippen LogP) is 4.34. The highest BCUT2D eigenvalue weighted by Crippen LogP contribution is 2.28. The summed E-state index contributed by atoms with van der Waals surface area (Å²) in [5.74, 6) is -0.372. The number of carbonyl (C=O) groups excluding carboxylic acids is 1. The van der Waals surface area contributed by atoms with E-state index in [1.165, 1.54) is 14.0 Å². The summed E-state index contributed by atoms with van der Waals surface area (Å²) in [6.07, 6.45) is -2.21. The lowest BCUT2D eigenvalue weighted by Gasteiger charge is -2.26. The van der Waals surface area contributed by atoms with E-state index in [0.717, 1.165) is 10.6 Å². The molecule has 118 valence electrons. The van der Waals surface area contributed by atoms with E-state index in [1.807, 2.05) is 0 Å². The maximum atomic E-state index is 13.1. The molecule has 22 heavy (non-hydrogen) atoms. The smallest absolute Gasteiger partial charge is 0.280 e. The van der Waals surface area contributed by atoms with E-state index in [0.29, 0.717) is 22.2 Å². The van der Waals surface area contributed by atoms with Gasteiger partial charge in [-0.05, 0) is 24.6 Å². The summed E-state index contributed by atoms with van der Waals surface area (Å²) in [6.45, 7) is 1.29. The highest BCUT2D eigenvalue weighted by molar-refractivity contribution is 6.42. The fourth-order valence-corrected chi connectivity index (χ4v) is 2.67. The van der Waals surface area contributed by atoms with E-state index < -0.39 is 6.43 Å². The van der Waals surface area contributed by atoms with Crippen molar-refractivity contribution in [2.45, 2.75) is 26.2 Å². The number of benzene rings is 1. The number of Topliss-reactive ketones (excluding diaryl/α,β-unsaturated/α-hetero) is 1. The second kappa shape index (κ2) is 6.75. The number of halogens is 4. The second-order valence-corrected chi connectivity index (χ2v) is 5.83. The Kier molecular flexibility index (Phi) is 5.19. The van der Waals surface area contributed by atoms with E-state index in [2.05, 4.69) is 5.10 Å². The molecule has 7 heteroatoms. The summed E-state index contributed by atoms with van der Waals surface area (Å²) in [7, 11) is 1.42. The molecule has 1 aromatic carbocycles. The molecule has 1 aliphatic rings. The van der Waals surface area contributed by atoms with Crippen LogP contribution in [0.3, 0.4) is 0 Å². The number of allylic oxidation sites excluding steroid dienone is 2. The molecule has 0 bridgehead atoms. The Balaban J connectivity index is 2.26. The van der Waals surface area contributed by atoms with Crippen LogP contribution >= 0.6 is 23.2 Å². The van der Waals surface area contributed by atoms with Crippen molar-refractivity contribution >= 4 is 34.7 Å². The van der Waals surface area contributed by atoms with Crippen LogP contribution in [0.2, 0.25) is 10.0 Å². The summed E-state index contributed by atoms with van der Waals surface area (Å²) < 4.78 is 26.2. The van der Waals surface area contributed by atoms with Gasteiger partial charge in [-0.3, -0.25) is 9.80 Å². The van der Waals surface area contributed by atoms with Crippen LogP contribution in [0.15, 0.2) is 34.6 Å². The minimum absolute atomic E-state index is 0.0996. The molecule has 3 nitrogen and oxygen atoms in total. The number of rotatable bonds is 4. The van der Waals surface area contributed by atoms with Crippen LogP contribution in [-0.4, -0.2) is 30.0 Å². The maximum absolute atomic E-state index is 13.1. The first-order valence-electron chi connectivity index (χ1n) is 6.55. The standard InChI is InChI=1S/C15H14Cl2F2N2O/c1-8(22)11-7-10(20-21(2)14(11)15(18)19)5-9-3-4-12(16)13(17)6-9/h3-4,6,15H,5,7H2,1-2H3. The van der Waals surface area contributed by atoms with Crippen molar-refractivity contribution in [1.82, 2.24) is 5.01 Å². The Labute approximate surface area is 137 Å². The van der Waals surface area contributed by atoms with E-state index in [1.54, 1.807) is 18.2 Å². The van der Waals surface area contributed by atoms with Gasteiger partial charge in [0.15, 0.2) is 5.78 Å². The summed E-state index contributed by atoms with van der Waals surface area (Å²) in [6, 6.07) is 5.15. The molecule has 0 aliphatic carbocycles. The third-order valence-corrected chi connectivity index (χ3v) is 4.09. The van der Waals surface area contributed by atoms with Crippen molar-refractivity contribution in [3.05, 3.63) is 45.1 Å².